The van der Waals surface area contributed by atoms with Crippen LogP contribution in [0.15, 0.2) is 22.7 Å². The third-order valence-electron chi connectivity index (χ3n) is 2.85. The van der Waals surface area contributed by atoms with Gasteiger partial charge in [-0.15, -0.1) is 0 Å². The number of hydrogen-bond acceptors (Lipinski definition) is 4. The molecule has 0 fully saturated rings. The summed E-state index contributed by atoms with van der Waals surface area (Å²) >= 11 is 5.95. The number of aromatic nitrogens is 2. The largest absolute Gasteiger partial charge is 0.338 e. The van der Waals surface area contributed by atoms with Gasteiger partial charge in [-0.2, -0.15) is 4.98 Å². The Morgan fingerprint density at radius 1 is 1.42 bits per heavy atom. The van der Waals surface area contributed by atoms with Crippen molar-refractivity contribution < 1.29 is 8.91 Å². The molecule has 4 nitrogen and oxygen atoms in total. The van der Waals surface area contributed by atoms with E-state index in [1.807, 2.05) is 13.8 Å². The van der Waals surface area contributed by atoms with E-state index in [2.05, 4.69) is 10.1 Å². The average Bonchev–Trinajstić information content (AvgIpc) is 2.80. The van der Waals surface area contributed by atoms with Crippen molar-refractivity contribution in [2.45, 2.75) is 26.3 Å². The second-order valence-corrected chi connectivity index (χ2v) is 5.14. The van der Waals surface area contributed by atoms with Gasteiger partial charge in [-0.1, -0.05) is 36.7 Å². The first-order chi connectivity index (χ1) is 8.97. The maximum Gasteiger partial charge on any atom is 0.243 e. The van der Waals surface area contributed by atoms with E-state index >= 15 is 0 Å². The van der Waals surface area contributed by atoms with E-state index in [9.17, 15) is 4.39 Å². The molecule has 102 valence electrons. The molecular weight excluding hydrogens is 269 g/mol. The molecule has 0 aliphatic heterocycles. The molecule has 0 unspecified atom stereocenters. The van der Waals surface area contributed by atoms with Gasteiger partial charge in [0.2, 0.25) is 5.89 Å². The lowest BCUT2D eigenvalue weighted by atomic mass is 10.1. The van der Waals surface area contributed by atoms with Crippen LogP contribution in [0, 0.1) is 11.7 Å². The maximum absolute atomic E-state index is 12.9. The lowest BCUT2D eigenvalue weighted by Gasteiger charge is -2.09. The third kappa shape index (κ3) is 3.30. The highest BCUT2D eigenvalue weighted by Gasteiger charge is 2.18. The molecule has 0 radical (unpaired) electrons. The molecule has 0 aliphatic rings. The molecule has 0 aliphatic carbocycles. The molecule has 0 amide bonds. The van der Waals surface area contributed by atoms with Crippen molar-refractivity contribution in [3.63, 3.8) is 0 Å². The number of halogens is 2. The van der Waals surface area contributed by atoms with Crippen LogP contribution in [-0.2, 0) is 6.42 Å². The zero-order valence-corrected chi connectivity index (χ0v) is 11.5. The van der Waals surface area contributed by atoms with Gasteiger partial charge in [0.25, 0.3) is 0 Å². The van der Waals surface area contributed by atoms with Gasteiger partial charge in [-0.05, 0) is 23.6 Å². The van der Waals surface area contributed by atoms with E-state index in [4.69, 9.17) is 21.9 Å². The van der Waals surface area contributed by atoms with Crippen molar-refractivity contribution in [1.82, 2.24) is 10.1 Å². The van der Waals surface area contributed by atoms with Gasteiger partial charge < -0.3 is 10.3 Å². The Morgan fingerprint density at radius 3 is 2.79 bits per heavy atom. The molecule has 0 saturated carbocycles. The molecule has 19 heavy (non-hydrogen) atoms. The summed E-state index contributed by atoms with van der Waals surface area (Å²) in [5.41, 5.74) is 6.67. The Bertz CT molecular complexity index is 571. The highest BCUT2D eigenvalue weighted by Crippen LogP contribution is 2.21. The molecule has 2 N–H and O–H groups in total. The van der Waals surface area contributed by atoms with Crippen LogP contribution in [-0.4, -0.2) is 10.1 Å². The second-order valence-electron chi connectivity index (χ2n) is 4.73. The number of nitrogens with two attached hydrogens (primary N) is 1. The number of hydrogen-bond donors (Lipinski definition) is 1. The summed E-state index contributed by atoms with van der Waals surface area (Å²) in [6.07, 6.45) is 0.382. The molecule has 1 heterocycles. The smallest absolute Gasteiger partial charge is 0.243 e. The lowest BCUT2D eigenvalue weighted by Crippen LogP contribution is -2.17. The van der Waals surface area contributed by atoms with Crippen LogP contribution in [0.4, 0.5) is 4.39 Å². The summed E-state index contributed by atoms with van der Waals surface area (Å²) < 4.78 is 18.1. The number of nitrogens with zero attached hydrogens (tertiary/aromatic N) is 2. The first kappa shape index (κ1) is 14.0. The van der Waals surface area contributed by atoms with Crippen LogP contribution in [0.5, 0.6) is 0 Å². The average molecular weight is 284 g/mol. The van der Waals surface area contributed by atoms with E-state index in [1.165, 1.54) is 12.1 Å². The fraction of sp³-hybridized carbons (Fsp3) is 0.385. The minimum atomic E-state index is -0.371. The molecule has 6 heteroatoms. The lowest BCUT2D eigenvalue weighted by molar-refractivity contribution is 0.322. The van der Waals surface area contributed by atoms with E-state index in [-0.39, 0.29) is 17.8 Å². The van der Waals surface area contributed by atoms with Gasteiger partial charge >= 0.3 is 0 Å². The van der Waals surface area contributed by atoms with Crippen LogP contribution in [0.25, 0.3) is 0 Å². The first-order valence-electron chi connectivity index (χ1n) is 5.99. The minimum absolute atomic E-state index is 0.211. The summed E-state index contributed by atoms with van der Waals surface area (Å²) in [5, 5.41) is 4.21. The van der Waals surface area contributed by atoms with Crippen LogP contribution in [0.2, 0.25) is 5.02 Å². The predicted octanol–water partition coefficient (Wildman–Crippen LogP) is 3.11. The molecule has 1 aromatic heterocycles. The highest BCUT2D eigenvalue weighted by atomic mass is 35.5. The van der Waals surface area contributed by atoms with Gasteiger partial charge in [0.1, 0.15) is 5.82 Å². The first-order valence-corrected chi connectivity index (χ1v) is 6.37. The van der Waals surface area contributed by atoms with Crippen molar-refractivity contribution in [3.05, 3.63) is 46.3 Å². The monoisotopic (exact) mass is 283 g/mol. The quantitative estimate of drug-likeness (QED) is 0.936. The summed E-state index contributed by atoms with van der Waals surface area (Å²) in [5.74, 6) is 0.731. The summed E-state index contributed by atoms with van der Waals surface area (Å²) in [6.45, 7) is 3.96. The molecule has 2 rings (SSSR count). The topological polar surface area (TPSA) is 64.9 Å². The number of benzene rings is 1. The van der Waals surface area contributed by atoms with Crippen molar-refractivity contribution in [1.29, 1.82) is 0 Å². The molecular formula is C13H15ClFN3O. The van der Waals surface area contributed by atoms with E-state index in [1.54, 1.807) is 6.07 Å². The van der Waals surface area contributed by atoms with Crippen molar-refractivity contribution in [2.75, 3.05) is 0 Å². The van der Waals surface area contributed by atoms with Gasteiger partial charge in [0.15, 0.2) is 5.82 Å². The second kappa shape index (κ2) is 5.67. The van der Waals surface area contributed by atoms with Crippen molar-refractivity contribution >= 4 is 11.6 Å². The zero-order chi connectivity index (χ0) is 14.0. The van der Waals surface area contributed by atoms with Gasteiger partial charge in [-0.3, -0.25) is 0 Å². The Labute approximate surface area is 115 Å². The van der Waals surface area contributed by atoms with E-state index in [0.717, 1.165) is 5.56 Å². The third-order valence-corrected chi connectivity index (χ3v) is 3.20. The normalized spacial score (nSPS) is 12.9. The van der Waals surface area contributed by atoms with Crippen LogP contribution < -0.4 is 5.73 Å². The minimum Gasteiger partial charge on any atom is -0.338 e. The van der Waals surface area contributed by atoms with E-state index < -0.39 is 0 Å². The molecule has 1 aromatic carbocycles. The molecule has 1 atom stereocenters. The van der Waals surface area contributed by atoms with Crippen molar-refractivity contribution in [3.8, 4) is 0 Å². The molecule has 0 bridgehead atoms. The predicted molar refractivity (Wildman–Crippen MR) is 70.3 cm³/mol. The van der Waals surface area contributed by atoms with Crippen LogP contribution in [0.3, 0.4) is 0 Å². The fourth-order valence-corrected chi connectivity index (χ4v) is 1.83. The Balaban J connectivity index is 2.16. The molecule has 2 aromatic rings. The number of rotatable bonds is 4. The highest BCUT2D eigenvalue weighted by molar-refractivity contribution is 6.31. The standard InChI is InChI=1S/C13H15ClFN3O/c1-7(2)12(16)13-17-11(18-19-13)5-8-3-4-9(15)6-10(8)14/h3-4,6-7,12H,5,16H2,1-2H3/t12-/m0/s1. The van der Waals surface area contributed by atoms with Crippen molar-refractivity contribution in [2.24, 2.45) is 11.7 Å². The fourth-order valence-electron chi connectivity index (χ4n) is 1.60. The van der Waals surface area contributed by atoms with Crippen LogP contribution in [0.1, 0.15) is 37.2 Å². The maximum atomic E-state index is 12.9. The summed E-state index contributed by atoms with van der Waals surface area (Å²) in [7, 11) is 0. The summed E-state index contributed by atoms with van der Waals surface area (Å²) in [4.78, 5) is 4.24. The summed E-state index contributed by atoms with van der Waals surface area (Å²) in [6, 6.07) is 3.93. The Kier molecular flexibility index (Phi) is 4.17. The van der Waals surface area contributed by atoms with Gasteiger partial charge in [0, 0.05) is 11.4 Å². The SMILES string of the molecule is CC(C)[C@H](N)c1nc(Cc2ccc(F)cc2Cl)no1. The van der Waals surface area contributed by atoms with Gasteiger partial charge in [-0.25, -0.2) is 4.39 Å². The van der Waals surface area contributed by atoms with E-state index in [0.29, 0.717) is 23.2 Å². The van der Waals surface area contributed by atoms with Gasteiger partial charge in [0.05, 0.1) is 6.04 Å². The molecule has 0 spiro atoms. The zero-order valence-electron chi connectivity index (χ0n) is 10.7. The molecule has 0 saturated heterocycles. The Hall–Kier alpha value is -1.46. The van der Waals surface area contributed by atoms with Crippen LogP contribution >= 0.6 is 11.6 Å². The Morgan fingerprint density at radius 2 is 2.16 bits per heavy atom.